The van der Waals surface area contributed by atoms with Crippen molar-refractivity contribution in [1.82, 2.24) is 0 Å². The molecular weight excluding hydrogens is 520 g/mol. The van der Waals surface area contributed by atoms with Crippen LogP contribution in [0.4, 0.5) is 5.69 Å². The van der Waals surface area contributed by atoms with E-state index in [1.165, 1.54) is 11.3 Å². The number of hydrogen-bond donors (Lipinski definition) is 0. The van der Waals surface area contributed by atoms with Crippen molar-refractivity contribution in [3.05, 3.63) is 98.4 Å². The number of amidine groups is 1. The number of benzene rings is 3. The highest BCUT2D eigenvalue weighted by Crippen LogP contribution is 2.39. The summed E-state index contributed by atoms with van der Waals surface area (Å²) in [5.74, 6) is 1.07. The van der Waals surface area contributed by atoms with Gasteiger partial charge in [0.05, 0.1) is 22.2 Å². The Morgan fingerprint density at radius 2 is 1.88 bits per heavy atom. The second kappa shape index (κ2) is 9.14. The Morgan fingerprint density at radius 3 is 2.61 bits per heavy atom. The van der Waals surface area contributed by atoms with Crippen LogP contribution in [0.5, 0.6) is 5.75 Å². The maximum absolute atomic E-state index is 13.6. The third-order valence-electron chi connectivity index (χ3n) is 5.16. The van der Waals surface area contributed by atoms with Crippen LogP contribution in [0.15, 0.2) is 88.0 Å². The fraction of sp³-hybridized carbons (Fsp3) is 0.0769. The SMILES string of the molecule is CCOc1ccc(N2C(=O)/C(=C\c3cccc(Br)c3)N=C2c2sc3ccccc3c2Cl)cc1. The number of carbonyl (C=O) groups excluding carboxylic acids is 1. The molecule has 0 atom stereocenters. The molecular formula is C26H18BrClN2O2S. The maximum Gasteiger partial charge on any atom is 0.282 e. The van der Waals surface area contributed by atoms with Gasteiger partial charge in [0.15, 0.2) is 5.84 Å². The summed E-state index contributed by atoms with van der Waals surface area (Å²) in [6.07, 6.45) is 1.79. The maximum atomic E-state index is 13.6. The summed E-state index contributed by atoms with van der Waals surface area (Å²) >= 11 is 11.8. The fourth-order valence-corrected chi connectivity index (χ4v) is 5.59. The van der Waals surface area contributed by atoms with Gasteiger partial charge in [-0.05, 0) is 61.0 Å². The Labute approximate surface area is 208 Å². The molecule has 4 aromatic rings. The summed E-state index contributed by atoms with van der Waals surface area (Å²) in [7, 11) is 0. The van der Waals surface area contributed by atoms with Crippen LogP contribution in [0.25, 0.3) is 16.2 Å². The van der Waals surface area contributed by atoms with Gasteiger partial charge in [-0.2, -0.15) is 0 Å². The van der Waals surface area contributed by atoms with Crippen LogP contribution in [0, 0.1) is 0 Å². The number of rotatable bonds is 5. The molecule has 4 nitrogen and oxygen atoms in total. The molecule has 0 radical (unpaired) electrons. The van der Waals surface area contributed by atoms with Crippen LogP contribution in [0.2, 0.25) is 5.02 Å². The lowest BCUT2D eigenvalue weighted by Gasteiger charge is -2.18. The minimum Gasteiger partial charge on any atom is -0.494 e. The van der Waals surface area contributed by atoms with Crippen molar-refractivity contribution in [2.75, 3.05) is 11.5 Å². The highest BCUT2D eigenvalue weighted by atomic mass is 79.9. The van der Waals surface area contributed by atoms with E-state index in [1.54, 1.807) is 11.0 Å². The summed E-state index contributed by atoms with van der Waals surface area (Å²) in [4.78, 5) is 20.7. The molecule has 7 heteroatoms. The van der Waals surface area contributed by atoms with Crippen LogP contribution in [0.3, 0.4) is 0 Å². The van der Waals surface area contributed by atoms with Crippen molar-refractivity contribution in [2.45, 2.75) is 6.92 Å². The number of amides is 1. The smallest absolute Gasteiger partial charge is 0.282 e. The number of hydrogen-bond acceptors (Lipinski definition) is 4. The summed E-state index contributed by atoms with van der Waals surface area (Å²) in [5.41, 5.74) is 1.94. The van der Waals surface area contributed by atoms with Gasteiger partial charge in [-0.1, -0.05) is 57.9 Å². The van der Waals surface area contributed by atoms with Crippen LogP contribution in [-0.4, -0.2) is 18.3 Å². The molecule has 1 aliphatic heterocycles. The zero-order valence-corrected chi connectivity index (χ0v) is 20.7. The minimum absolute atomic E-state index is 0.206. The number of anilines is 1. The molecule has 1 amide bonds. The van der Waals surface area contributed by atoms with Gasteiger partial charge in [0.25, 0.3) is 5.91 Å². The second-order valence-electron chi connectivity index (χ2n) is 7.33. The predicted octanol–water partition coefficient (Wildman–Crippen LogP) is 7.55. The second-order valence-corrected chi connectivity index (χ2v) is 9.67. The predicted molar refractivity (Wildman–Crippen MR) is 141 cm³/mol. The van der Waals surface area contributed by atoms with Crippen LogP contribution in [-0.2, 0) is 4.79 Å². The van der Waals surface area contributed by atoms with E-state index < -0.39 is 0 Å². The molecule has 2 heterocycles. The summed E-state index contributed by atoms with van der Waals surface area (Å²) < 4.78 is 7.54. The first-order valence-electron chi connectivity index (χ1n) is 10.4. The van der Waals surface area contributed by atoms with Gasteiger partial charge in [0.1, 0.15) is 11.4 Å². The molecule has 164 valence electrons. The Bertz CT molecular complexity index is 1430. The number of nitrogens with zero attached hydrogens (tertiary/aromatic N) is 2. The fourth-order valence-electron chi connectivity index (χ4n) is 3.68. The molecule has 0 N–H and O–H groups in total. The average Bonchev–Trinajstić information content (AvgIpc) is 3.32. The van der Waals surface area contributed by atoms with E-state index in [0.717, 1.165) is 30.7 Å². The highest BCUT2D eigenvalue weighted by molar-refractivity contribution is 9.10. The van der Waals surface area contributed by atoms with E-state index in [9.17, 15) is 4.79 Å². The monoisotopic (exact) mass is 536 g/mol. The molecule has 5 rings (SSSR count). The zero-order chi connectivity index (χ0) is 22.9. The molecule has 0 unspecified atom stereocenters. The quantitative estimate of drug-likeness (QED) is 0.247. The van der Waals surface area contributed by atoms with Gasteiger partial charge in [0, 0.05) is 14.6 Å². The molecule has 1 aromatic heterocycles. The van der Waals surface area contributed by atoms with Crippen molar-refractivity contribution < 1.29 is 9.53 Å². The molecule has 3 aromatic carbocycles. The third-order valence-corrected chi connectivity index (χ3v) is 7.32. The Balaban J connectivity index is 1.65. The van der Waals surface area contributed by atoms with Crippen LogP contribution in [0.1, 0.15) is 17.4 Å². The summed E-state index contributed by atoms with van der Waals surface area (Å²) in [6.45, 7) is 2.51. The Kier molecular flexibility index (Phi) is 6.06. The van der Waals surface area contributed by atoms with Gasteiger partial charge < -0.3 is 4.74 Å². The van der Waals surface area contributed by atoms with Gasteiger partial charge in [-0.3, -0.25) is 9.69 Å². The first kappa shape index (κ1) is 21.9. The first-order chi connectivity index (χ1) is 16.0. The van der Waals surface area contributed by atoms with Gasteiger partial charge in [-0.15, -0.1) is 11.3 Å². The van der Waals surface area contributed by atoms with Crippen LogP contribution >= 0.6 is 38.9 Å². The number of ether oxygens (including phenoxy) is 1. The molecule has 0 saturated heterocycles. The lowest BCUT2D eigenvalue weighted by atomic mass is 10.2. The summed E-state index contributed by atoms with van der Waals surface area (Å²) in [6, 6.07) is 23.1. The molecule has 1 aliphatic rings. The van der Waals surface area contributed by atoms with E-state index in [2.05, 4.69) is 15.9 Å². The molecule has 33 heavy (non-hydrogen) atoms. The van der Waals surface area contributed by atoms with Crippen molar-refractivity contribution in [3.8, 4) is 5.75 Å². The number of carbonyl (C=O) groups is 1. The van der Waals surface area contributed by atoms with E-state index in [-0.39, 0.29) is 5.91 Å². The van der Waals surface area contributed by atoms with Crippen molar-refractivity contribution in [3.63, 3.8) is 0 Å². The van der Waals surface area contributed by atoms with Crippen molar-refractivity contribution >= 4 is 72.5 Å². The third kappa shape index (κ3) is 4.22. The lowest BCUT2D eigenvalue weighted by Crippen LogP contribution is -2.32. The van der Waals surface area contributed by atoms with E-state index in [1.807, 2.05) is 79.7 Å². The largest absolute Gasteiger partial charge is 0.494 e. The van der Waals surface area contributed by atoms with Crippen molar-refractivity contribution in [1.29, 1.82) is 0 Å². The molecule has 0 bridgehead atoms. The van der Waals surface area contributed by atoms with Gasteiger partial charge in [-0.25, -0.2) is 4.99 Å². The zero-order valence-electron chi connectivity index (χ0n) is 17.6. The number of thiophene rings is 1. The molecule has 0 fully saturated rings. The normalized spacial score (nSPS) is 14.9. The molecule has 0 aliphatic carbocycles. The number of halogens is 2. The minimum atomic E-state index is -0.206. The standard InChI is InChI=1S/C26H18BrClN2O2S/c1-2-32-19-12-10-18(11-13-19)30-25(24-23(28)20-8-3-4-9-22(20)33-24)29-21(26(30)31)15-16-6-5-7-17(27)14-16/h3-15H,2H2,1H3/b21-15+. The van der Waals surface area contributed by atoms with E-state index >= 15 is 0 Å². The summed E-state index contributed by atoms with van der Waals surface area (Å²) in [5, 5.41) is 1.55. The van der Waals surface area contributed by atoms with Gasteiger partial charge in [0.2, 0.25) is 0 Å². The van der Waals surface area contributed by atoms with E-state index in [4.69, 9.17) is 21.3 Å². The Morgan fingerprint density at radius 1 is 1.09 bits per heavy atom. The highest BCUT2D eigenvalue weighted by Gasteiger charge is 2.35. The molecule has 0 spiro atoms. The Hall–Kier alpha value is -2.93. The lowest BCUT2D eigenvalue weighted by molar-refractivity contribution is -0.113. The molecule has 0 saturated carbocycles. The number of aliphatic imine (C=N–C) groups is 1. The van der Waals surface area contributed by atoms with Crippen LogP contribution < -0.4 is 9.64 Å². The van der Waals surface area contributed by atoms with Gasteiger partial charge >= 0.3 is 0 Å². The van der Waals surface area contributed by atoms with E-state index in [0.29, 0.717) is 28.8 Å². The topological polar surface area (TPSA) is 41.9 Å². The van der Waals surface area contributed by atoms with Crippen molar-refractivity contribution in [2.24, 2.45) is 4.99 Å². The number of fused-ring (bicyclic) bond motifs is 1. The average molecular weight is 538 g/mol. The first-order valence-corrected chi connectivity index (χ1v) is 12.3.